The summed E-state index contributed by atoms with van der Waals surface area (Å²) in [5, 5.41) is 5.70. The van der Waals surface area contributed by atoms with Crippen LogP contribution in [0.4, 0.5) is 0 Å². The van der Waals surface area contributed by atoms with Gasteiger partial charge in [-0.1, -0.05) is 40.2 Å². The van der Waals surface area contributed by atoms with Crippen molar-refractivity contribution in [2.24, 2.45) is 0 Å². The van der Waals surface area contributed by atoms with Gasteiger partial charge >= 0.3 is 0 Å². The maximum atomic E-state index is 12.3. The standard InChI is InChI=1S/C18H19BrN2O2/c1-12(15-7-9-17(19)10-8-15)21-18(23)16-5-3-14(4-6-16)11-20-13(2)22/h3-10,12H,11H2,1-2H3,(H,20,22)(H,21,23)/t12-/m1/s1. The molecule has 0 saturated heterocycles. The van der Waals surface area contributed by atoms with Gasteiger partial charge in [0, 0.05) is 23.5 Å². The van der Waals surface area contributed by atoms with Gasteiger partial charge in [-0.2, -0.15) is 0 Å². The van der Waals surface area contributed by atoms with Crippen LogP contribution in [0.5, 0.6) is 0 Å². The molecule has 4 nitrogen and oxygen atoms in total. The molecule has 5 heteroatoms. The fourth-order valence-corrected chi connectivity index (χ4v) is 2.38. The Morgan fingerprint density at radius 3 is 2.22 bits per heavy atom. The Kier molecular flexibility index (Phi) is 5.93. The summed E-state index contributed by atoms with van der Waals surface area (Å²) < 4.78 is 1.01. The molecule has 0 unspecified atom stereocenters. The Balaban J connectivity index is 1.97. The number of benzene rings is 2. The van der Waals surface area contributed by atoms with Crippen molar-refractivity contribution in [1.82, 2.24) is 10.6 Å². The molecule has 0 bridgehead atoms. The van der Waals surface area contributed by atoms with Gasteiger partial charge in [-0.15, -0.1) is 0 Å². The van der Waals surface area contributed by atoms with Crippen LogP contribution in [-0.2, 0) is 11.3 Å². The van der Waals surface area contributed by atoms with Gasteiger partial charge in [0.2, 0.25) is 5.91 Å². The van der Waals surface area contributed by atoms with Gasteiger partial charge in [-0.3, -0.25) is 9.59 Å². The zero-order valence-electron chi connectivity index (χ0n) is 13.1. The van der Waals surface area contributed by atoms with Crippen LogP contribution in [0.2, 0.25) is 0 Å². The van der Waals surface area contributed by atoms with Crippen LogP contribution >= 0.6 is 15.9 Å². The maximum Gasteiger partial charge on any atom is 0.251 e. The predicted molar refractivity (Wildman–Crippen MR) is 94.0 cm³/mol. The summed E-state index contributed by atoms with van der Waals surface area (Å²) in [5.74, 6) is -0.193. The lowest BCUT2D eigenvalue weighted by molar-refractivity contribution is -0.119. The lowest BCUT2D eigenvalue weighted by Crippen LogP contribution is -2.26. The largest absolute Gasteiger partial charge is 0.352 e. The number of rotatable bonds is 5. The van der Waals surface area contributed by atoms with E-state index in [9.17, 15) is 9.59 Å². The first-order valence-electron chi connectivity index (χ1n) is 7.35. The first-order chi connectivity index (χ1) is 11.0. The Bertz CT molecular complexity index is 681. The van der Waals surface area contributed by atoms with E-state index >= 15 is 0 Å². The molecule has 0 spiro atoms. The summed E-state index contributed by atoms with van der Waals surface area (Å²) in [6.45, 7) is 3.89. The lowest BCUT2D eigenvalue weighted by Gasteiger charge is -2.14. The van der Waals surface area contributed by atoms with E-state index in [-0.39, 0.29) is 17.9 Å². The summed E-state index contributed by atoms with van der Waals surface area (Å²) in [4.78, 5) is 23.2. The molecular formula is C18H19BrN2O2. The Labute approximate surface area is 144 Å². The molecule has 2 aromatic rings. The van der Waals surface area contributed by atoms with E-state index < -0.39 is 0 Å². The summed E-state index contributed by atoms with van der Waals surface area (Å²) in [5.41, 5.74) is 2.60. The Hall–Kier alpha value is -2.14. The summed E-state index contributed by atoms with van der Waals surface area (Å²) >= 11 is 3.40. The highest BCUT2D eigenvalue weighted by Gasteiger charge is 2.11. The Morgan fingerprint density at radius 1 is 1.04 bits per heavy atom. The Morgan fingerprint density at radius 2 is 1.65 bits per heavy atom. The quantitative estimate of drug-likeness (QED) is 0.840. The zero-order chi connectivity index (χ0) is 16.8. The topological polar surface area (TPSA) is 58.2 Å². The second-order valence-electron chi connectivity index (χ2n) is 5.35. The molecule has 23 heavy (non-hydrogen) atoms. The fourth-order valence-electron chi connectivity index (χ4n) is 2.12. The molecule has 120 valence electrons. The molecule has 2 amide bonds. The monoisotopic (exact) mass is 374 g/mol. The minimum atomic E-state index is -0.119. The minimum Gasteiger partial charge on any atom is -0.352 e. The highest BCUT2D eigenvalue weighted by atomic mass is 79.9. The second-order valence-corrected chi connectivity index (χ2v) is 6.27. The number of amides is 2. The SMILES string of the molecule is CC(=O)NCc1ccc(C(=O)N[C@H](C)c2ccc(Br)cc2)cc1. The summed E-state index contributed by atoms with van der Waals surface area (Å²) in [6, 6.07) is 15.0. The van der Waals surface area contributed by atoms with Gasteiger partial charge in [-0.05, 0) is 42.3 Å². The highest BCUT2D eigenvalue weighted by molar-refractivity contribution is 9.10. The maximum absolute atomic E-state index is 12.3. The van der Waals surface area contributed by atoms with Gasteiger partial charge < -0.3 is 10.6 Å². The van der Waals surface area contributed by atoms with Crippen LogP contribution in [0.1, 0.15) is 41.4 Å². The molecule has 0 aliphatic heterocycles. The van der Waals surface area contributed by atoms with Crippen molar-refractivity contribution in [3.63, 3.8) is 0 Å². The van der Waals surface area contributed by atoms with Crippen LogP contribution in [-0.4, -0.2) is 11.8 Å². The predicted octanol–water partition coefficient (Wildman–Crippen LogP) is 3.58. The number of carbonyl (C=O) groups excluding carboxylic acids is 2. The van der Waals surface area contributed by atoms with Crippen molar-refractivity contribution in [3.8, 4) is 0 Å². The van der Waals surface area contributed by atoms with Crippen LogP contribution in [0.15, 0.2) is 53.0 Å². The zero-order valence-corrected chi connectivity index (χ0v) is 14.7. The average Bonchev–Trinajstić information content (AvgIpc) is 2.54. The molecule has 0 heterocycles. The smallest absolute Gasteiger partial charge is 0.251 e. The van der Waals surface area contributed by atoms with Crippen LogP contribution in [0.3, 0.4) is 0 Å². The van der Waals surface area contributed by atoms with Gasteiger partial charge in [0.15, 0.2) is 0 Å². The molecule has 0 saturated carbocycles. The minimum absolute atomic E-state index is 0.0739. The van der Waals surface area contributed by atoms with Crippen molar-refractivity contribution < 1.29 is 9.59 Å². The molecule has 0 aliphatic carbocycles. The molecule has 0 radical (unpaired) electrons. The molecule has 0 aliphatic rings. The third-order valence-electron chi connectivity index (χ3n) is 3.48. The van der Waals surface area contributed by atoms with Crippen LogP contribution in [0.25, 0.3) is 0 Å². The number of halogens is 1. The van der Waals surface area contributed by atoms with E-state index in [0.29, 0.717) is 12.1 Å². The number of hydrogen-bond acceptors (Lipinski definition) is 2. The van der Waals surface area contributed by atoms with E-state index in [2.05, 4.69) is 26.6 Å². The van der Waals surface area contributed by atoms with Crippen molar-refractivity contribution >= 4 is 27.7 Å². The molecule has 0 fully saturated rings. The van der Waals surface area contributed by atoms with E-state index in [4.69, 9.17) is 0 Å². The average molecular weight is 375 g/mol. The van der Waals surface area contributed by atoms with Gasteiger partial charge in [0.1, 0.15) is 0 Å². The van der Waals surface area contributed by atoms with Crippen molar-refractivity contribution in [3.05, 3.63) is 69.7 Å². The van der Waals surface area contributed by atoms with E-state index in [1.165, 1.54) is 6.92 Å². The van der Waals surface area contributed by atoms with Crippen molar-refractivity contribution in [2.45, 2.75) is 26.4 Å². The van der Waals surface area contributed by atoms with E-state index in [1.54, 1.807) is 12.1 Å². The number of nitrogens with one attached hydrogen (secondary N) is 2. The van der Waals surface area contributed by atoms with Crippen LogP contribution < -0.4 is 10.6 Å². The molecule has 2 rings (SSSR count). The third kappa shape index (κ3) is 5.21. The normalized spacial score (nSPS) is 11.6. The molecule has 0 aromatic heterocycles. The number of hydrogen-bond donors (Lipinski definition) is 2. The van der Waals surface area contributed by atoms with Gasteiger partial charge in [0.25, 0.3) is 5.91 Å². The van der Waals surface area contributed by atoms with Gasteiger partial charge in [-0.25, -0.2) is 0 Å². The van der Waals surface area contributed by atoms with Crippen LogP contribution in [0, 0.1) is 0 Å². The van der Waals surface area contributed by atoms with E-state index in [1.807, 2.05) is 43.3 Å². The van der Waals surface area contributed by atoms with Gasteiger partial charge in [0.05, 0.1) is 6.04 Å². The summed E-state index contributed by atoms with van der Waals surface area (Å²) in [7, 11) is 0. The fraction of sp³-hybridized carbons (Fsp3) is 0.222. The molecular weight excluding hydrogens is 356 g/mol. The highest BCUT2D eigenvalue weighted by Crippen LogP contribution is 2.17. The van der Waals surface area contributed by atoms with Crippen molar-refractivity contribution in [1.29, 1.82) is 0 Å². The molecule has 1 atom stereocenters. The van der Waals surface area contributed by atoms with Crippen molar-refractivity contribution in [2.75, 3.05) is 0 Å². The number of carbonyl (C=O) groups is 2. The molecule has 2 N–H and O–H groups in total. The first-order valence-corrected chi connectivity index (χ1v) is 8.14. The van der Waals surface area contributed by atoms with E-state index in [0.717, 1.165) is 15.6 Å². The lowest BCUT2D eigenvalue weighted by atomic mass is 10.1. The first kappa shape index (κ1) is 17.2. The molecule has 2 aromatic carbocycles. The second kappa shape index (κ2) is 7.92. The third-order valence-corrected chi connectivity index (χ3v) is 4.00. The summed E-state index contributed by atoms with van der Waals surface area (Å²) in [6.07, 6.45) is 0.